The van der Waals surface area contributed by atoms with Crippen LogP contribution in [0.3, 0.4) is 0 Å². The molecule has 0 saturated carbocycles. The maximum atomic E-state index is 4.74. The van der Waals surface area contributed by atoms with E-state index in [2.05, 4.69) is 41.9 Å². The Morgan fingerprint density at radius 2 is 2.14 bits per heavy atom. The minimum atomic E-state index is 0.336. The Labute approximate surface area is 134 Å². The van der Waals surface area contributed by atoms with Crippen LogP contribution in [0.5, 0.6) is 0 Å². The summed E-state index contributed by atoms with van der Waals surface area (Å²) in [5, 5.41) is 5.44. The Hall–Kier alpha value is -1.95. The van der Waals surface area contributed by atoms with E-state index in [9.17, 15) is 0 Å². The molecular formula is C16H21N5S. The fraction of sp³-hybridized carbons (Fsp3) is 0.438. The molecule has 6 heteroatoms. The number of anilines is 1. The highest BCUT2D eigenvalue weighted by Gasteiger charge is 2.18. The van der Waals surface area contributed by atoms with Crippen molar-refractivity contribution in [2.75, 3.05) is 11.9 Å². The Morgan fingerprint density at radius 1 is 1.36 bits per heavy atom. The van der Waals surface area contributed by atoms with Crippen LogP contribution in [0.2, 0.25) is 0 Å². The first-order valence-corrected chi connectivity index (χ1v) is 8.22. The van der Waals surface area contributed by atoms with Gasteiger partial charge >= 0.3 is 0 Å². The molecule has 0 fully saturated rings. The van der Waals surface area contributed by atoms with E-state index in [0.717, 1.165) is 28.6 Å². The minimum absolute atomic E-state index is 0.336. The molecule has 1 unspecified atom stereocenters. The normalized spacial score (nSPS) is 12.8. The molecule has 3 aromatic heterocycles. The van der Waals surface area contributed by atoms with E-state index < -0.39 is 0 Å². The minimum Gasteiger partial charge on any atom is -0.348 e. The first-order chi connectivity index (χ1) is 10.5. The fourth-order valence-electron chi connectivity index (χ4n) is 2.56. The van der Waals surface area contributed by atoms with Crippen molar-refractivity contribution >= 4 is 26.8 Å². The molecule has 3 heterocycles. The molecular weight excluding hydrogens is 294 g/mol. The number of nitrogens with zero attached hydrogens (tertiary/aromatic N) is 5. The summed E-state index contributed by atoms with van der Waals surface area (Å²) in [5.41, 5.74) is 4.38. The van der Waals surface area contributed by atoms with Gasteiger partial charge in [0.2, 0.25) is 0 Å². The lowest BCUT2D eigenvalue weighted by atomic mass is 10.1. The summed E-state index contributed by atoms with van der Waals surface area (Å²) in [5.74, 6) is 0. The summed E-state index contributed by atoms with van der Waals surface area (Å²) in [4.78, 5) is 11.4. The summed E-state index contributed by atoms with van der Waals surface area (Å²) in [6.07, 6.45) is 2.79. The smallest absolute Gasteiger partial charge is 0.188 e. The van der Waals surface area contributed by atoms with Gasteiger partial charge in [-0.1, -0.05) is 11.3 Å². The van der Waals surface area contributed by atoms with Crippen molar-refractivity contribution < 1.29 is 0 Å². The monoisotopic (exact) mass is 315 g/mol. The van der Waals surface area contributed by atoms with Gasteiger partial charge in [-0.2, -0.15) is 5.10 Å². The second-order valence-corrected chi connectivity index (χ2v) is 6.82. The zero-order valence-electron chi connectivity index (χ0n) is 13.7. The second-order valence-electron chi connectivity index (χ2n) is 5.85. The molecule has 5 nitrogen and oxygen atoms in total. The van der Waals surface area contributed by atoms with Crippen molar-refractivity contribution in [1.29, 1.82) is 0 Å². The van der Waals surface area contributed by atoms with E-state index in [1.807, 2.05) is 30.9 Å². The van der Waals surface area contributed by atoms with Crippen LogP contribution in [0.4, 0.5) is 5.13 Å². The van der Waals surface area contributed by atoms with E-state index in [0.29, 0.717) is 6.04 Å². The van der Waals surface area contributed by atoms with E-state index in [4.69, 9.17) is 4.98 Å². The van der Waals surface area contributed by atoms with Crippen molar-refractivity contribution in [2.24, 2.45) is 7.05 Å². The summed E-state index contributed by atoms with van der Waals surface area (Å²) < 4.78 is 3.02. The van der Waals surface area contributed by atoms with Gasteiger partial charge in [-0.3, -0.25) is 4.98 Å². The topological polar surface area (TPSA) is 46.8 Å². The predicted molar refractivity (Wildman–Crippen MR) is 91.7 cm³/mol. The van der Waals surface area contributed by atoms with Gasteiger partial charge in [0.25, 0.3) is 0 Å². The third kappa shape index (κ3) is 2.70. The predicted octanol–water partition coefficient (Wildman–Crippen LogP) is 3.11. The molecule has 0 aliphatic heterocycles. The zero-order chi connectivity index (χ0) is 15.9. The number of aryl methyl sites for hydroxylation is 3. The third-order valence-electron chi connectivity index (χ3n) is 3.97. The number of thiazole rings is 1. The van der Waals surface area contributed by atoms with Crippen LogP contribution in [0.15, 0.2) is 18.3 Å². The van der Waals surface area contributed by atoms with Gasteiger partial charge in [-0.05, 0) is 38.5 Å². The molecule has 0 aromatic carbocycles. The average Bonchev–Trinajstić information content (AvgIpc) is 3.00. The number of rotatable bonds is 4. The van der Waals surface area contributed by atoms with Crippen LogP contribution in [0, 0.1) is 13.8 Å². The highest BCUT2D eigenvalue weighted by molar-refractivity contribution is 7.22. The molecule has 0 radical (unpaired) electrons. The summed E-state index contributed by atoms with van der Waals surface area (Å²) in [6.45, 7) is 6.34. The average molecular weight is 315 g/mol. The maximum Gasteiger partial charge on any atom is 0.188 e. The molecule has 0 saturated heterocycles. The summed E-state index contributed by atoms with van der Waals surface area (Å²) >= 11 is 1.71. The number of aromatic nitrogens is 4. The van der Waals surface area contributed by atoms with Crippen LogP contribution < -0.4 is 4.90 Å². The number of hydrogen-bond donors (Lipinski definition) is 0. The molecule has 3 rings (SSSR count). The van der Waals surface area contributed by atoms with Crippen molar-refractivity contribution in [3.63, 3.8) is 0 Å². The molecule has 0 N–H and O–H groups in total. The number of likely N-dealkylation sites (N-methyl/N-ethyl adjacent to an activating group) is 1. The van der Waals surface area contributed by atoms with Crippen LogP contribution in [0.25, 0.3) is 10.3 Å². The van der Waals surface area contributed by atoms with Crippen LogP contribution >= 0.6 is 11.3 Å². The van der Waals surface area contributed by atoms with Gasteiger partial charge in [-0.25, -0.2) is 9.67 Å². The molecule has 3 aromatic rings. The highest BCUT2D eigenvalue weighted by Crippen LogP contribution is 2.31. The molecule has 0 amide bonds. The molecule has 0 bridgehead atoms. The Balaban J connectivity index is 1.82. The van der Waals surface area contributed by atoms with Gasteiger partial charge in [0.1, 0.15) is 0 Å². The molecule has 0 aliphatic carbocycles. The lowest BCUT2D eigenvalue weighted by molar-refractivity contribution is 0.668. The Kier molecular flexibility index (Phi) is 3.87. The SMILES string of the molecule is Cc1ccnc(CC(C)N(C)c2nc3c(s2)c(C)nn3C)c1. The first-order valence-electron chi connectivity index (χ1n) is 7.40. The molecule has 22 heavy (non-hydrogen) atoms. The maximum absolute atomic E-state index is 4.74. The van der Waals surface area contributed by atoms with Gasteiger partial charge in [0.15, 0.2) is 10.8 Å². The second kappa shape index (κ2) is 5.68. The number of hydrogen-bond acceptors (Lipinski definition) is 5. The number of pyridine rings is 1. The van der Waals surface area contributed by atoms with Crippen LogP contribution in [-0.4, -0.2) is 32.8 Å². The Morgan fingerprint density at radius 3 is 2.82 bits per heavy atom. The lowest BCUT2D eigenvalue weighted by Crippen LogP contribution is -2.30. The molecule has 0 spiro atoms. The van der Waals surface area contributed by atoms with E-state index in [-0.39, 0.29) is 0 Å². The molecule has 1 atom stereocenters. The van der Waals surface area contributed by atoms with Crippen molar-refractivity contribution in [3.05, 3.63) is 35.3 Å². The standard InChI is InChI=1S/C16H21N5S/c1-10-6-7-17-13(8-10)9-11(2)20(4)16-18-15-14(22-16)12(3)19-21(15)5/h6-8,11H,9H2,1-5H3. The van der Waals surface area contributed by atoms with E-state index in [1.54, 1.807) is 11.3 Å². The van der Waals surface area contributed by atoms with Crippen LogP contribution in [-0.2, 0) is 13.5 Å². The van der Waals surface area contributed by atoms with Gasteiger partial charge < -0.3 is 4.90 Å². The van der Waals surface area contributed by atoms with Crippen molar-refractivity contribution in [3.8, 4) is 0 Å². The Bertz CT molecular complexity index is 770. The fourth-order valence-corrected chi connectivity index (χ4v) is 3.66. The number of fused-ring (bicyclic) bond motifs is 1. The van der Waals surface area contributed by atoms with Gasteiger partial charge in [-0.15, -0.1) is 0 Å². The quantitative estimate of drug-likeness (QED) is 0.742. The summed E-state index contributed by atoms with van der Waals surface area (Å²) in [7, 11) is 4.04. The van der Waals surface area contributed by atoms with Gasteiger partial charge in [0, 0.05) is 38.4 Å². The highest BCUT2D eigenvalue weighted by atomic mass is 32.1. The third-order valence-corrected chi connectivity index (χ3v) is 5.22. The van der Waals surface area contributed by atoms with Gasteiger partial charge in [0.05, 0.1) is 10.4 Å². The first kappa shape index (κ1) is 15.0. The molecule has 116 valence electrons. The van der Waals surface area contributed by atoms with E-state index >= 15 is 0 Å². The van der Waals surface area contributed by atoms with Crippen LogP contribution in [0.1, 0.15) is 23.9 Å². The summed E-state index contributed by atoms with van der Waals surface area (Å²) in [6, 6.07) is 4.51. The zero-order valence-corrected chi connectivity index (χ0v) is 14.5. The molecule has 0 aliphatic rings. The lowest BCUT2D eigenvalue weighted by Gasteiger charge is -2.24. The van der Waals surface area contributed by atoms with Crippen molar-refractivity contribution in [1.82, 2.24) is 19.7 Å². The van der Waals surface area contributed by atoms with Crippen molar-refractivity contribution in [2.45, 2.75) is 33.2 Å². The van der Waals surface area contributed by atoms with E-state index in [1.165, 1.54) is 10.3 Å². The largest absolute Gasteiger partial charge is 0.348 e.